The average molecular weight is 274 g/mol. The molecule has 1 atom stereocenters. The zero-order valence-corrected chi connectivity index (χ0v) is 9.58. The number of aliphatic hydroxyl groups excluding tert-OH is 1. The van der Waals surface area contributed by atoms with Gasteiger partial charge in [0.25, 0.3) is 0 Å². The zero-order chi connectivity index (χ0) is 14.0. The van der Waals surface area contributed by atoms with Gasteiger partial charge in [0, 0.05) is 24.4 Å². The number of H-pyrrole nitrogens is 1. The van der Waals surface area contributed by atoms with E-state index in [1.54, 1.807) is 0 Å². The molecule has 7 heteroatoms. The summed E-state index contributed by atoms with van der Waals surface area (Å²) < 4.78 is 51.0. The maximum Gasteiger partial charge on any atom is 0.416 e. The average Bonchev–Trinajstić information content (AvgIpc) is 2.80. The maximum absolute atomic E-state index is 13.5. The summed E-state index contributed by atoms with van der Waals surface area (Å²) in [7, 11) is 0. The van der Waals surface area contributed by atoms with E-state index in [1.165, 1.54) is 12.4 Å². The molecule has 0 aliphatic carbocycles. The Balaban J connectivity index is 2.28. The number of aromatic amines is 1. The van der Waals surface area contributed by atoms with E-state index in [9.17, 15) is 22.7 Å². The van der Waals surface area contributed by atoms with Gasteiger partial charge in [-0.1, -0.05) is 0 Å². The molecule has 0 saturated carbocycles. The fourth-order valence-corrected chi connectivity index (χ4v) is 1.68. The van der Waals surface area contributed by atoms with Crippen LogP contribution in [-0.4, -0.2) is 15.1 Å². The molecule has 0 aliphatic rings. The molecule has 102 valence electrons. The van der Waals surface area contributed by atoms with Crippen LogP contribution in [0, 0.1) is 5.82 Å². The number of benzene rings is 1. The van der Waals surface area contributed by atoms with Gasteiger partial charge in [-0.25, -0.2) is 9.37 Å². The Morgan fingerprint density at radius 1 is 1.32 bits per heavy atom. The van der Waals surface area contributed by atoms with Gasteiger partial charge >= 0.3 is 6.18 Å². The highest BCUT2D eigenvalue weighted by molar-refractivity contribution is 5.29. The Labute approximate surface area is 105 Å². The van der Waals surface area contributed by atoms with Crippen LogP contribution >= 0.6 is 0 Å². The minimum atomic E-state index is -4.58. The third-order valence-corrected chi connectivity index (χ3v) is 2.62. The lowest BCUT2D eigenvalue weighted by Gasteiger charge is -2.13. The van der Waals surface area contributed by atoms with E-state index in [2.05, 4.69) is 9.97 Å². The Morgan fingerprint density at radius 2 is 2.05 bits per heavy atom. The summed E-state index contributed by atoms with van der Waals surface area (Å²) in [6.07, 6.45) is -3.12. The second kappa shape index (κ2) is 5.00. The number of imidazole rings is 1. The van der Waals surface area contributed by atoms with Gasteiger partial charge in [-0.3, -0.25) is 0 Å². The van der Waals surface area contributed by atoms with E-state index < -0.39 is 29.2 Å². The highest BCUT2D eigenvalue weighted by Crippen LogP contribution is 2.32. The van der Waals surface area contributed by atoms with Gasteiger partial charge in [0.15, 0.2) is 0 Å². The number of alkyl halides is 3. The second-order valence-corrected chi connectivity index (χ2v) is 3.99. The molecule has 1 aromatic carbocycles. The van der Waals surface area contributed by atoms with E-state index in [0.717, 1.165) is 0 Å². The van der Waals surface area contributed by atoms with Gasteiger partial charge in [0.1, 0.15) is 11.6 Å². The molecule has 0 bridgehead atoms. The van der Waals surface area contributed by atoms with Gasteiger partial charge in [-0.15, -0.1) is 0 Å². The SMILES string of the molecule is OC(Cc1ncc[nH]1)c1cc(C(F)(F)F)ccc1F. The van der Waals surface area contributed by atoms with Crippen molar-refractivity contribution in [2.75, 3.05) is 0 Å². The van der Waals surface area contributed by atoms with Crippen molar-refractivity contribution >= 4 is 0 Å². The molecule has 0 fully saturated rings. The van der Waals surface area contributed by atoms with Crippen molar-refractivity contribution in [1.29, 1.82) is 0 Å². The van der Waals surface area contributed by atoms with Crippen LogP contribution in [0.15, 0.2) is 30.6 Å². The van der Waals surface area contributed by atoms with E-state index in [4.69, 9.17) is 0 Å². The van der Waals surface area contributed by atoms with Gasteiger partial charge in [-0.05, 0) is 18.2 Å². The largest absolute Gasteiger partial charge is 0.416 e. The lowest BCUT2D eigenvalue weighted by Crippen LogP contribution is -2.10. The Hall–Kier alpha value is -1.89. The fraction of sp³-hybridized carbons (Fsp3) is 0.250. The van der Waals surface area contributed by atoms with Crippen LogP contribution in [0.1, 0.15) is 23.1 Å². The lowest BCUT2D eigenvalue weighted by atomic mass is 10.0. The van der Waals surface area contributed by atoms with Crippen LogP contribution in [-0.2, 0) is 12.6 Å². The summed E-state index contributed by atoms with van der Waals surface area (Å²) in [6, 6.07) is 1.95. The summed E-state index contributed by atoms with van der Waals surface area (Å²) in [4.78, 5) is 6.51. The molecule has 3 nitrogen and oxygen atoms in total. The summed E-state index contributed by atoms with van der Waals surface area (Å²) in [5, 5.41) is 9.80. The van der Waals surface area contributed by atoms with Crippen LogP contribution < -0.4 is 0 Å². The standard InChI is InChI=1S/C12H10F4N2O/c13-9-2-1-7(12(14,15)16)5-8(9)10(19)6-11-17-3-4-18-11/h1-5,10,19H,6H2,(H,17,18). The quantitative estimate of drug-likeness (QED) is 0.845. The molecular formula is C12H10F4N2O. The first-order valence-corrected chi connectivity index (χ1v) is 5.41. The first kappa shape index (κ1) is 13.5. The number of hydrogen-bond donors (Lipinski definition) is 2. The number of nitrogens with zero attached hydrogens (tertiary/aromatic N) is 1. The van der Waals surface area contributed by atoms with E-state index in [1.807, 2.05) is 0 Å². The molecule has 0 spiro atoms. The smallest absolute Gasteiger partial charge is 0.388 e. The normalized spacial score (nSPS) is 13.5. The first-order valence-electron chi connectivity index (χ1n) is 5.41. The van der Waals surface area contributed by atoms with Crippen molar-refractivity contribution in [3.63, 3.8) is 0 Å². The van der Waals surface area contributed by atoms with Crippen molar-refractivity contribution < 1.29 is 22.7 Å². The third-order valence-electron chi connectivity index (χ3n) is 2.62. The minimum absolute atomic E-state index is 0.0920. The predicted octanol–water partition coefficient (Wildman–Crippen LogP) is 2.84. The van der Waals surface area contributed by atoms with E-state index >= 15 is 0 Å². The highest BCUT2D eigenvalue weighted by atomic mass is 19.4. The summed E-state index contributed by atoms with van der Waals surface area (Å²) in [6.45, 7) is 0. The molecule has 1 heterocycles. The Bertz CT molecular complexity index is 551. The number of aliphatic hydroxyl groups is 1. The Kier molecular flexibility index (Phi) is 3.57. The van der Waals surface area contributed by atoms with Crippen LogP contribution in [0.3, 0.4) is 0 Å². The van der Waals surface area contributed by atoms with Gasteiger partial charge < -0.3 is 10.1 Å². The lowest BCUT2D eigenvalue weighted by molar-refractivity contribution is -0.137. The minimum Gasteiger partial charge on any atom is -0.388 e. The van der Waals surface area contributed by atoms with Crippen molar-refractivity contribution in [3.05, 3.63) is 53.4 Å². The maximum atomic E-state index is 13.5. The van der Waals surface area contributed by atoms with E-state index in [0.29, 0.717) is 24.0 Å². The molecule has 2 N–H and O–H groups in total. The van der Waals surface area contributed by atoms with Gasteiger partial charge in [-0.2, -0.15) is 13.2 Å². The molecule has 0 saturated heterocycles. The number of aromatic nitrogens is 2. The van der Waals surface area contributed by atoms with Crippen molar-refractivity contribution in [2.45, 2.75) is 18.7 Å². The molecule has 0 radical (unpaired) electrons. The summed E-state index contributed by atoms with van der Waals surface area (Å²) in [5.74, 6) is -0.517. The molecular weight excluding hydrogens is 264 g/mol. The Morgan fingerprint density at radius 3 is 2.63 bits per heavy atom. The zero-order valence-electron chi connectivity index (χ0n) is 9.58. The number of halogens is 4. The van der Waals surface area contributed by atoms with E-state index in [-0.39, 0.29) is 6.42 Å². The molecule has 1 aromatic heterocycles. The topological polar surface area (TPSA) is 48.9 Å². The van der Waals surface area contributed by atoms with Crippen LogP contribution in [0.2, 0.25) is 0 Å². The van der Waals surface area contributed by atoms with Crippen LogP contribution in [0.5, 0.6) is 0 Å². The van der Waals surface area contributed by atoms with Crippen molar-refractivity contribution in [2.24, 2.45) is 0 Å². The summed E-state index contributed by atoms with van der Waals surface area (Å²) >= 11 is 0. The van der Waals surface area contributed by atoms with Crippen LogP contribution in [0.4, 0.5) is 17.6 Å². The van der Waals surface area contributed by atoms with Gasteiger partial charge in [0.2, 0.25) is 0 Å². The van der Waals surface area contributed by atoms with Gasteiger partial charge in [0.05, 0.1) is 11.7 Å². The highest BCUT2D eigenvalue weighted by Gasteiger charge is 2.31. The number of rotatable bonds is 3. The van der Waals surface area contributed by atoms with Crippen molar-refractivity contribution in [1.82, 2.24) is 9.97 Å². The molecule has 2 aromatic rings. The summed E-state index contributed by atoms with van der Waals surface area (Å²) in [5.41, 5.74) is -1.39. The number of nitrogens with one attached hydrogen (secondary N) is 1. The number of hydrogen-bond acceptors (Lipinski definition) is 2. The molecule has 19 heavy (non-hydrogen) atoms. The predicted molar refractivity (Wildman–Crippen MR) is 58.7 cm³/mol. The first-order chi connectivity index (χ1) is 8.88. The molecule has 1 unspecified atom stereocenters. The molecule has 2 rings (SSSR count). The monoisotopic (exact) mass is 274 g/mol. The van der Waals surface area contributed by atoms with Crippen LogP contribution in [0.25, 0.3) is 0 Å². The second-order valence-electron chi connectivity index (χ2n) is 3.99. The van der Waals surface area contributed by atoms with Crippen molar-refractivity contribution in [3.8, 4) is 0 Å². The third kappa shape index (κ3) is 3.11. The molecule has 0 amide bonds. The fourth-order valence-electron chi connectivity index (χ4n) is 1.68. The molecule has 0 aliphatic heterocycles.